The number of halogens is 1. The molecule has 3 nitrogen and oxygen atoms in total. The zero-order valence-corrected chi connectivity index (χ0v) is 20.9. The van der Waals surface area contributed by atoms with Crippen LogP contribution in [-0.4, -0.2) is 22.3 Å². The second-order valence-corrected chi connectivity index (χ2v) is 8.99. The summed E-state index contributed by atoms with van der Waals surface area (Å²) in [6.07, 6.45) is -0.552. The number of nitrogens with one attached hydrogen (secondary N) is 1. The summed E-state index contributed by atoms with van der Waals surface area (Å²) in [5.41, 5.74) is 9.27. The molecule has 0 spiro atoms. The van der Waals surface area contributed by atoms with Crippen LogP contribution in [0.2, 0.25) is 0 Å². The van der Waals surface area contributed by atoms with Crippen LogP contribution in [0.4, 0.5) is 5.69 Å². The Bertz CT molecular complexity index is 1410. The Morgan fingerprint density at radius 3 is 2.09 bits per heavy atom. The normalized spacial score (nSPS) is 11.7. The Kier molecular flexibility index (Phi) is 7.60. The average Bonchev–Trinajstić information content (AvgIpc) is 3.17. The van der Waals surface area contributed by atoms with Crippen LogP contribution in [0.3, 0.4) is 0 Å². The molecule has 4 aromatic carbocycles. The van der Waals surface area contributed by atoms with Crippen molar-refractivity contribution in [3.05, 3.63) is 114 Å². The summed E-state index contributed by atoms with van der Waals surface area (Å²) in [7, 11) is 0. The Hall–Kier alpha value is -3.53. The number of fused-ring (bicyclic) bond motifs is 1. The topological polar surface area (TPSA) is 37.2 Å². The molecule has 35 heavy (non-hydrogen) atoms. The van der Waals surface area contributed by atoms with Crippen LogP contribution in [0, 0.1) is 13.8 Å². The second-order valence-electron chi connectivity index (χ2n) is 8.99. The van der Waals surface area contributed by atoms with Crippen LogP contribution < -0.4 is 5.32 Å². The van der Waals surface area contributed by atoms with Crippen molar-refractivity contribution in [1.82, 2.24) is 4.57 Å². The van der Waals surface area contributed by atoms with Crippen LogP contribution in [0.15, 0.2) is 103 Å². The number of hydrogen-bond donors (Lipinski definition) is 2. The van der Waals surface area contributed by atoms with Crippen LogP contribution in [0.5, 0.6) is 0 Å². The fourth-order valence-corrected chi connectivity index (χ4v) is 4.72. The molecule has 0 radical (unpaired) electrons. The van der Waals surface area contributed by atoms with Crippen molar-refractivity contribution in [2.75, 3.05) is 11.9 Å². The minimum absolute atomic E-state index is 0. The number of benzene rings is 4. The number of anilines is 1. The van der Waals surface area contributed by atoms with Crippen LogP contribution >= 0.6 is 12.4 Å². The smallest absolute Gasteiger partial charge is 0.0891 e. The molecule has 1 unspecified atom stereocenters. The molecule has 0 aliphatic carbocycles. The number of aromatic nitrogens is 1. The third-order valence-electron chi connectivity index (χ3n) is 6.28. The van der Waals surface area contributed by atoms with Crippen molar-refractivity contribution in [3.63, 3.8) is 0 Å². The third-order valence-corrected chi connectivity index (χ3v) is 6.28. The Morgan fingerprint density at radius 1 is 0.743 bits per heavy atom. The largest absolute Gasteiger partial charge is 0.389 e. The number of rotatable bonds is 7. The maximum atomic E-state index is 11.1. The van der Waals surface area contributed by atoms with E-state index in [9.17, 15) is 5.11 Å². The number of nitrogens with zero attached hydrogens (tertiary/aromatic N) is 1. The first-order valence-electron chi connectivity index (χ1n) is 11.8. The summed E-state index contributed by atoms with van der Waals surface area (Å²) < 4.78 is 2.29. The molecule has 0 saturated heterocycles. The first-order valence-corrected chi connectivity index (χ1v) is 11.8. The van der Waals surface area contributed by atoms with Crippen molar-refractivity contribution in [2.45, 2.75) is 26.5 Å². The lowest BCUT2D eigenvalue weighted by Gasteiger charge is -2.18. The average molecular weight is 483 g/mol. The van der Waals surface area contributed by atoms with Gasteiger partial charge in [-0.2, -0.15) is 0 Å². The Labute approximate surface area is 213 Å². The van der Waals surface area contributed by atoms with Gasteiger partial charge in [0.15, 0.2) is 0 Å². The molecule has 178 valence electrons. The van der Waals surface area contributed by atoms with Crippen LogP contribution in [0.1, 0.15) is 11.1 Å². The number of aryl methyl sites for hydroxylation is 2. The minimum atomic E-state index is -0.552. The molecule has 1 aromatic heterocycles. The van der Waals surface area contributed by atoms with E-state index in [1.54, 1.807) is 0 Å². The summed E-state index contributed by atoms with van der Waals surface area (Å²) in [5, 5.41) is 15.7. The zero-order chi connectivity index (χ0) is 23.5. The minimum Gasteiger partial charge on any atom is -0.389 e. The molecule has 1 atom stereocenters. The lowest BCUT2D eigenvalue weighted by Crippen LogP contribution is -2.25. The lowest BCUT2D eigenvalue weighted by molar-refractivity contribution is 0.169. The third kappa shape index (κ3) is 5.27. The molecule has 0 fully saturated rings. The molecule has 0 aliphatic heterocycles. The molecule has 5 aromatic rings. The molecule has 0 bridgehead atoms. The highest BCUT2D eigenvalue weighted by Crippen LogP contribution is 2.41. The van der Waals surface area contributed by atoms with Gasteiger partial charge in [0.05, 0.1) is 18.3 Å². The van der Waals surface area contributed by atoms with Crippen molar-refractivity contribution in [3.8, 4) is 22.4 Å². The first kappa shape index (κ1) is 24.6. The van der Waals surface area contributed by atoms with Crippen molar-refractivity contribution < 1.29 is 5.11 Å². The highest BCUT2D eigenvalue weighted by atomic mass is 35.5. The maximum absolute atomic E-state index is 11.1. The Morgan fingerprint density at radius 2 is 1.40 bits per heavy atom. The molecule has 0 saturated carbocycles. The van der Waals surface area contributed by atoms with Gasteiger partial charge < -0.3 is 15.0 Å². The van der Waals surface area contributed by atoms with Gasteiger partial charge in [-0.3, -0.25) is 0 Å². The van der Waals surface area contributed by atoms with Gasteiger partial charge in [0.2, 0.25) is 0 Å². The molecular weight excluding hydrogens is 452 g/mol. The summed E-state index contributed by atoms with van der Waals surface area (Å²) >= 11 is 0. The zero-order valence-electron chi connectivity index (χ0n) is 20.1. The van der Waals surface area contributed by atoms with Gasteiger partial charge in [0.1, 0.15) is 0 Å². The first-order chi connectivity index (χ1) is 16.6. The fraction of sp³-hybridized carbons (Fsp3) is 0.161. The molecule has 2 N–H and O–H groups in total. The predicted molar refractivity (Wildman–Crippen MR) is 150 cm³/mol. The highest BCUT2D eigenvalue weighted by Gasteiger charge is 2.21. The van der Waals surface area contributed by atoms with Gasteiger partial charge >= 0.3 is 0 Å². The molecule has 0 aliphatic rings. The van der Waals surface area contributed by atoms with Gasteiger partial charge in [0.25, 0.3) is 0 Å². The van der Waals surface area contributed by atoms with Gasteiger partial charge in [-0.1, -0.05) is 84.4 Å². The molecular formula is C31H31ClN2O. The summed E-state index contributed by atoms with van der Waals surface area (Å²) in [6.45, 7) is 5.18. The van der Waals surface area contributed by atoms with Crippen molar-refractivity contribution >= 4 is 29.0 Å². The second kappa shape index (κ2) is 10.8. The van der Waals surface area contributed by atoms with E-state index in [0.29, 0.717) is 13.1 Å². The highest BCUT2D eigenvalue weighted by molar-refractivity contribution is 6.04. The number of aliphatic hydroxyl groups is 1. The molecule has 0 amide bonds. The summed E-state index contributed by atoms with van der Waals surface area (Å²) in [6, 6.07) is 35.9. The van der Waals surface area contributed by atoms with Crippen LogP contribution in [0.25, 0.3) is 33.3 Å². The van der Waals surface area contributed by atoms with Gasteiger partial charge in [-0.25, -0.2) is 0 Å². The van der Waals surface area contributed by atoms with E-state index in [4.69, 9.17) is 0 Å². The van der Waals surface area contributed by atoms with E-state index in [2.05, 4.69) is 109 Å². The number of aliphatic hydroxyl groups excluding tert-OH is 1. The van der Waals surface area contributed by atoms with E-state index >= 15 is 0 Å². The lowest BCUT2D eigenvalue weighted by atomic mass is 9.98. The van der Waals surface area contributed by atoms with E-state index in [1.807, 2.05) is 18.2 Å². The van der Waals surface area contributed by atoms with Gasteiger partial charge in [0, 0.05) is 28.7 Å². The monoisotopic (exact) mass is 482 g/mol. The number of hydrogen-bond acceptors (Lipinski definition) is 2. The SMILES string of the molecule is Cc1cccc(NCC(O)Cn2c(-c3ccccc3)c(-c3ccccc3)c3cc(C)ccc32)c1.Cl. The molecule has 1 heterocycles. The summed E-state index contributed by atoms with van der Waals surface area (Å²) in [5.74, 6) is 0. The quantitative estimate of drug-likeness (QED) is 0.252. The fourth-order valence-electron chi connectivity index (χ4n) is 4.72. The standard InChI is InChI=1S/C31H30N2O.ClH/c1-22-10-9-15-26(18-22)32-20-27(34)21-33-29-17-16-23(2)19-28(29)30(24-11-5-3-6-12-24)31(33)25-13-7-4-8-14-25;/h3-19,27,32,34H,20-21H2,1-2H3;1H. The van der Waals surface area contributed by atoms with E-state index < -0.39 is 6.10 Å². The molecule has 5 rings (SSSR count). The molecule has 4 heteroatoms. The van der Waals surface area contributed by atoms with E-state index in [1.165, 1.54) is 27.6 Å². The Balaban J connectivity index is 0.00000289. The van der Waals surface area contributed by atoms with Crippen LogP contribution in [-0.2, 0) is 6.54 Å². The maximum Gasteiger partial charge on any atom is 0.0891 e. The van der Waals surface area contributed by atoms with Gasteiger partial charge in [-0.15, -0.1) is 12.4 Å². The van der Waals surface area contributed by atoms with E-state index in [-0.39, 0.29) is 12.4 Å². The van der Waals surface area contributed by atoms with Crippen molar-refractivity contribution in [2.24, 2.45) is 0 Å². The van der Waals surface area contributed by atoms with Gasteiger partial charge in [-0.05, 0) is 54.8 Å². The summed E-state index contributed by atoms with van der Waals surface area (Å²) in [4.78, 5) is 0. The van der Waals surface area contributed by atoms with E-state index in [0.717, 1.165) is 22.5 Å². The van der Waals surface area contributed by atoms with Crippen molar-refractivity contribution in [1.29, 1.82) is 0 Å². The predicted octanol–water partition coefficient (Wildman–Crippen LogP) is 7.49.